The molecule has 1 aromatic rings. The minimum absolute atomic E-state index is 0.0202. The second-order valence-electron chi connectivity index (χ2n) is 5.09. The summed E-state index contributed by atoms with van der Waals surface area (Å²) in [5.74, 6) is 0.0202. The Balaban J connectivity index is 2.34. The van der Waals surface area contributed by atoms with Crippen molar-refractivity contribution in [1.29, 1.82) is 0 Å². The zero-order valence-electron chi connectivity index (χ0n) is 11.7. The average Bonchev–Trinajstić information content (AvgIpc) is 2.38. The first-order chi connectivity index (χ1) is 9.00. The predicted molar refractivity (Wildman–Crippen MR) is 76.5 cm³/mol. The van der Waals surface area contributed by atoms with Crippen molar-refractivity contribution in [3.8, 4) is 0 Å². The molecular formula is C14H21N3O2. The van der Waals surface area contributed by atoms with Gasteiger partial charge in [-0.2, -0.15) is 0 Å². The minimum Gasteiger partial charge on any atom is -0.399 e. The summed E-state index contributed by atoms with van der Waals surface area (Å²) in [6.45, 7) is 3.81. The van der Waals surface area contributed by atoms with Crippen molar-refractivity contribution < 1.29 is 9.53 Å². The van der Waals surface area contributed by atoms with Gasteiger partial charge in [0, 0.05) is 32.0 Å². The van der Waals surface area contributed by atoms with Gasteiger partial charge in [0.05, 0.1) is 24.8 Å². The van der Waals surface area contributed by atoms with Crippen LogP contribution < -0.4 is 10.6 Å². The molecule has 1 amide bonds. The molecule has 1 aliphatic heterocycles. The third-order valence-corrected chi connectivity index (χ3v) is 3.36. The summed E-state index contributed by atoms with van der Waals surface area (Å²) in [7, 11) is 3.84. The quantitative estimate of drug-likeness (QED) is 0.814. The van der Waals surface area contributed by atoms with Gasteiger partial charge in [0.25, 0.3) is 5.91 Å². The summed E-state index contributed by atoms with van der Waals surface area (Å²) in [6, 6.07) is 5.54. The van der Waals surface area contributed by atoms with E-state index < -0.39 is 0 Å². The SMILES string of the molecule is C[C@@H]1COCCN1C(=O)c1cc(N)ccc1N(C)C. The smallest absolute Gasteiger partial charge is 0.256 e. The predicted octanol–water partition coefficient (Wildman–Crippen LogP) is 1.20. The van der Waals surface area contributed by atoms with Crippen LogP contribution in [0.3, 0.4) is 0 Å². The number of rotatable bonds is 2. The molecule has 104 valence electrons. The molecule has 1 heterocycles. The minimum atomic E-state index is 0.0202. The van der Waals surface area contributed by atoms with Crippen LogP contribution in [-0.2, 0) is 4.74 Å². The highest BCUT2D eigenvalue weighted by Crippen LogP contribution is 2.24. The molecule has 0 spiro atoms. The number of amides is 1. The number of nitrogen functional groups attached to an aromatic ring is 1. The molecule has 0 radical (unpaired) electrons. The van der Waals surface area contributed by atoms with Gasteiger partial charge in [0.15, 0.2) is 0 Å². The van der Waals surface area contributed by atoms with Crippen LogP contribution in [0.1, 0.15) is 17.3 Å². The summed E-state index contributed by atoms with van der Waals surface area (Å²) in [6.07, 6.45) is 0. The normalized spacial score (nSPS) is 19.3. The number of benzene rings is 1. The second-order valence-corrected chi connectivity index (χ2v) is 5.09. The van der Waals surface area contributed by atoms with E-state index in [0.29, 0.717) is 31.0 Å². The number of anilines is 2. The molecule has 1 aromatic carbocycles. The van der Waals surface area contributed by atoms with Crippen LogP contribution in [0, 0.1) is 0 Å². The van der Waals surface area contributed by atoms with E-state index in [9.17, 15) is 4.79 Å². The molecule has 0 bridgehead atoms. The van der Waals surface area contributed by atoms with Crippen molar-refractivity contribution in [2.45, 2.75) is 13.0 Å². The van der Waals surface area contributed by atoms with E-state index in [4.69, 9.17) is 10.5 Å². The van der Waals surface area contributed by atoms with Crippen LogP contribution in [0.15, 0.2) is 18.2 Å². The van der Waals surface area contributed by atoms with E-state index in [1.165, 1.54) is 0 Å². The molecular weight excluding hydrogens is 242 g/mol. The third kappa shape index (κ3) is 2.81. The summed E-state index contributed by atoms with van der Waals surface area (Å²) in [5.41, 5.74) is 7.96. The monoisotopic (exact) mass is 263 g/mol. The number of nitrogens with zero attached hydrogens (tertiary/aromatic N) is 2. The van der Waals surface area contributed by atoms with Gasteiger partial charge in [0.2, 0.25) is 0 Å². The topological polar surface area (TPSA) is 58.8 Å². The molecule has 0 aliphatic carbocycles. The summed E-state index contributed by atoms with van der Waals surface area (Å²) in [4.78, 5) is 16.5. The van der Waals surface area contributed by atoms with Crippen molar-refractivity contribution in [2.24, 2.45) is 0 Å². The second kappa shape index (κ2) is 5.48. The Kier molecular flexibility index (Phi) is 3.95. The van der Waals surface area contributed by atoms with Crippen LogP contribution in [-0.4, -0.2) is 50.7 Å². The standard InChI is InChI=1S/C14H21N3O2/c1-10-9-19-7-6-17(10)14(18)12-8-11(15)4-5-13(12)16(2)3/h4-5,8,10H,6-7,9,15H2,1-3H3/t10-/m1/s1. The Bertz CT molecular complexity index is 474. The highest BCUT2D eigenvalue weighted by atomic mass is 16.5. The van der Waals surface area contributed by atoms with Gasteiger partial charge in [-0.05, 0) is 25.1 Å². The Morgan fingerprint density at radius 3 is 2.84 bits per heavy atom. The maximum atomic E-state index is 12.7. The lowest BCUT2D eigenvalue weighted by molar-refractivity contribution is 0.00364. The zero-order valence-corrected chi connectivity index (χ0v) is 11.7. The van der Waals surface area contributed by atoms with E-state index in [2.05, 4.69) is 0 Å². The zero-order chi connectivity index (χ0) is 14.0. The van der Waals surface area contributed by atoms with Gasteiger partial charge in [-0.15, -0.1) is 0 Å². The van der Waals surface area contributed by atoms with Crippen molar-refractivity contribution in [3.05, 3.63) is 23.8 Å². The number of hydrogen-bond acceptors (Lipinski definition) is 4. The summed E-state index contributed by atoms with van der Waals surface area (Å²) >= 11 is 0. The van der Waals surface area contributed by atoms with Crippen molar-refractivity contribution >= 4 is 17.3 Å². The van der Waals surface area contributed by atoms with E-state index in [0.717, 1.165) is 5.69 Å². The molecule has 1 saturated heterocycles. The molecule has 1 aliphatic rings. The Hall–Kier alpha value is -1.75. The van der Waals surface area contributed by atoms with Crippen LogP contribution in [0.2, 0.25) is 0 Å². The summed E-state index contributed by atoms with van der Waals surface area (Å²) in [5, 5.41) is 0. The Labute approximate surface area is 113 Å². The molecule has 1 atom stereocenters. The van der Waals surface area contributed by atoms with Gasteiger partial charge in [0.1, 0.15) is 0 Å². The van der Waals surface area contributed by atoms with Gasteiger partial charge < -0.3 is 20.3 Å². The number of ether oxygens (including phenoxy) is 1. The Morgan fingerprint density at radius 1 is 1.47 bits per heavy atom. The first kappa shape index (κ1) is 13.7. The molecule has 0 saturated carbocycles. The number of hydrogen-bond donors (Lipinski definition) is 1. The van der Waals surface area contributed by atoms with Crippen LogP contribution in [0.25, 0.3) is 0 Å². The summed E-state index contributed by atoms with van der Waals surface area (Å²) < 4.78 is 5.37. The fraction of sp³-hybridized carbons (Fsp3) is 0.500. The van der Waals surface area contributed by atoms with Gasteiger partial charge >= 0.3 is 0 Å². The fourth-order valence-electron chi connectivity index (χ4n) is 2.30. The van der Waals surface area contributed by atoms with Gasteiger partial charge in [-0.25, -0.2) is 0 Å². The molecule has 0 aromatic heterocycles. The molecule has 2 rings (SSSR count). The lowest BCUT2D eigenvalue weighted by atomic mass is 10.1. The van der Waals surface area contributed by atoms with E-state index in [1.807, 2.05) is 43.0 Å². The largest absolute Gasteiger partial charge is 0.399 e. The molecule has 2 N–H and O–H groups in total. The average molecular weight is 263 g/mol. The van der Waals surface area contributed by atoms with E-state index in [1.54, 1.807) is 6.07 Å². The number of morpholine rings is 1. The lowest BCUT2D eigenvalue weighted by Gasteiger charge is -2.34. The van der Waals surface area contributed by atoms with Crippen molar-refractivity contribution in [3.63, 3.8) is 0 Å². The fourth-order valence-corrected chi connectivity index (χ4v) is 2.30. The van der Waals surface area contributed by atoms with Crippen LogP contribution in [0.5, 0.6) is 0 Å². The molecule has 5 heteroatoms. The highest BCUT2D eigenvalue weighted by molar-refractivity contribution is 6.00. The van der Waals surface area contributed by atoms with Gasteiger partial charge in [-0.1, -0.05) is 0 Å². The maximum absolute atomic E-state index is 12.7. The van der Waals surface area contributed by atoms with Crippen molar-refractivity contribution in [2.75, 3.05) is 44.5 Å². The first-order valence-electron chi connectivity index (χ1n) is 6.46. The van der Waals surface area contributed by atoms with Crippen LogP contribution in [0.4, 0.5) is 11.4 Å². The van der Waals surface area contributed by atoms with Gasteiger partial charge in [-0.3, -0.25) is 4.79 Å². The molecule has 19 heavy (non-hydrogen) atoms. The first-order valence-corrected chi connectivity index (χ1v) is 6.46. The Morgan fingerprint density at radius 2 is 2.21 bits per heavy atom. The van der Waals surface area contributed by atoms with Crippen LogP contribution >= 0.6 is 0 Å². The molecule has 1 fully saturated rings. The number of carbonyl (C=O) groups excluding carboxylic acids is 1. The van der Waals surface area contributed by atoms with Crippen molar-refractivity contribution in [1.82, 2.24) is 4.90 Å². The maximum Gasteiger partial charge on any atom is 0.256 e. The third-order valence-electron chi connectivity index (χ3n) is 3.36. The lowest BCUT2D eigenvalue weighted by Crippen LogP contribution is -2.47. The number of nitrogens with two attached hydrogens (primary N) is 1. The number of carbonyl (C=O) groups is 1. The molecule has 5 nitrogen and oxygen atoms in total. The van der Waals surface area contributed by atoms with E-state index in [-0.39, 0.29) is 11.9 Å². The highest BCUT2D eigenvalue weighted by Gasteiger charge is 2.26. The van der Waals surface area contributed by atoms with E-state index >= 15 is 0 Å². The molecule has 0 unspecified atom stereocenters.